The van der Waals surface area contributed by atoms with Crippen LogP contribution >= 0.6 is 0 Å². The SMILES string of the molecule is Cc1c(NC(=O)/C=C/c2cccnc2)cccc1-c1ccc(C(N)=O)c2[nH]ccc12. The number of benzene rings is 2. The zero-order valence-electron chi connectivity index (χ0n) is 16.3. The van der Waals surface area contributed by atoms with E-state index in [0.717, 1.165) is 33.3 Å². The van der Waals surface area contributed by atoms with Crippen LogP contribution in [0.3, 0.4) is 0 Å². The normalized spacial score (nSPS) is 11.1. The topological polar surface area (TPSA) is 101 Å². The number of aromatic nitrogens is 2. The fraction of sp³-hybridized carbons (Fsp3) is 0.0417. The average molecular weight is 396 g/mol. The van der Waals surface area contributed by atoms with E-state index in [1.807, 2.05) is 49.4 Å². The van der Waals surface area contributed by atoms with Crippen LogP contribution in [0.25, 0.3) is 28.1 Å². The molecular weight excluding hydrogens is 376 g/mol. The number of rotatable bonds is 5. The third-order valence-corrected chi connectivity index (χ3v) is 4.98. The maximum Gasteiger partial charge on any atom is 0.250 e. The summed E-state index contributed by atoms with van der Waals surface area (Å²) in [5, 5.41) is 3.83. The Morgan fingerprint density at radius 2 is 1.93 bits per heavy atom. The summed E-state index contributed by atoms with van der Waals surface area (Å²) in [5.74, 6) is -0.706. The van der Waals surface area contributed by atoms with Gasteiger partial charge in [-0.15, -0.1) is 0 Å². The maximum absolute atomic E-state index is 12.4. The van der Waals surface area contributed by atoms with Crippen molar-refractivity contribution >= 4 is 34.5 Å². The summed E-state index contributed by atoms with van der Waals surface area (Å²) in [7, 11) is 0. The van der Waals surface area contributed by atoms with E-state index in [2.05, 4.69) is 15.3 Å². The minimum atomic E-state index is -0.480. The monoisotopic (exact) mass is 396 g/mol. The van der Waals surface area contributed by atoms with Gasteiger partial charge in [0.1, 0.15) is 0 Å². The summed E-state index contributed by atoms with van der Waals surface area (Å²) in [5.41, 5.74) is 11.0. The minimum Gasteiger partial charge on any atom is -0.366 e. The summed E-state index contributed by atoms with van der Waals surface area (Å²) in [6.45, 7) is 1.95. The summed E-state index contributed by atoms with van der Waals surface area (Å²) >= 11 is 0. The number of carbonyl (C=O) groups is 2. The molecule has 0 bridgehead atoms. The highest BCUT2D eigenvalue weighted by atomic mass is 16.1. The Balaban J connectivity index is 1.66. The number of nitrogens with zero attached hydrogens (tertiary/aromatic N) is 1. The third kappa shape index (κ3) is 3.71. The van der Waals surface area contributed by atoms with Crippen molar-refractivity contribution in [3.05, 3.63) is 89.9 Å². The largest absolute Gasteiger partial charge is 0.366 e. The van der Waals surface area contributed by atoms with Gasteiger partial charge in [-0.25, -0.2) is 0 Å². The lowest BCUT2D eigenvalue weighted by molar-refractivity contribution is -0.111. The average Bonchev–Trinajstić information content (AvgIpc) is 3.24. The van der Waals surface area contributed by atoms with Gasteiger partial charge in [0.2, 0.25) is 5.91 Å². The van der Waals surface area contributed by atoms with Crippen LogP contribution in [-0.2, 0) is 4.79 Å². The summed E-state index contributed by atoms with van der Waals surface area (Å²) < 4.78 is 0. The van der Waals surface area contributed by atoms with E-state index in [1.165, 1.54) is 6.08 Å². The van der Waals surface area contributed by atoms with E-state index in [0.29, 0.717) is 11.1 Å². The Morgan fingerprint density at radius 3 is 2.70 bits per heavy atom. The zero-order chi connectivity index (χ0) is 21.1. The second-order valence-corrected chi connectivity index (χ2v) is 6.88. The molecule has 0 radical (unpaired) electrons. The number of fused-ring (bicyclic) bond motifs is 1. The van der Waals surface area contributed by atoms with Crippen molar-refractivity contribution in [1.82, 2.24) is 9.97 Å². The highest BCUT2D eigenvalue weighted by molar-refractivity contribution is 6.10. The number of hydrogen-bond acceptors (Lipinski definition) is 3. The number of nitrogens with two attached hydrogens (primary N) is 1. The lowest BCUT2D eigenvalue weighted by Crippen LogP contribution is -2.11. The lowest BCUT2D eigenvalue weighted by Gasteiger charge is -2.13. The fourth-order valence-electron chi connectivity index (χ4n) is 3.48. The molecule has 30 heavy (non-hydrogen) atoms. The van der Waals surface area contributed by atoms with Gasteiger partial charge >= 0.3 is 0 Å². The Bertz CT molecular complexity index is 1270. The number of aromatic amines is 1. The van der Waals surface area contributed by atoms with Crippen molar-refractivity contribution in [2.45, 2.75) is 6.92 Å². The van der Waals surface area contributed by atoms with Gasteiger partial charge < -0.3 is 16.0 Å². The smallest absolute Gasteiger partial charge is 0.250 e. The molecule has 0 aliphatic carbocycles. The van der Waals surface area contributed by atoms with Crippen LogP contribution in [0.5, 0.6) is 0 Å². The molecule has 0 atom stereocenters. The van der Waals surface area contributed by atoms with E-state index >= 15 is 0 Å². The van der Waals surface area contributed by atoms with Crippen molar-refractivity contribution in [2.24, 2.45) is 5.73 Å². The van der Waals surface area contributed by atoms with Crippen molar-refractivity contribution < 1.29 is 9.59 Å². The molecular formula is C24H20N4O2. The van der Waals surface area contributed by atoms with E-state index in [9.17, 15) is 9.59 Å². The molecule has 2 heterocycles. The number of nitrogens with one attached hydrogen (secondary N) is 2. The van der Waals surface area contributed by atoms with Gasteiger partial charge in [0.15, 0.2) is 0 Å². The molecule has 0 saturated carbocycles. The maximum atomic E-state index is 12.4. The van der Waals surface area contributed by atoms with Crippen molar-refractivity contribution in [3.8, 4) is 11.1 Å². The Morgan fingerprint density at radius 1 is 1.07 bits per heavy atom. The molecule has 0 fully saturated rings. The second kappa shape index (κ2) is 8.05. The van der Waals surface area contributed by atoms with Crippen molar-refractivity contribution in [1.29, 1.82) is 0 Å². The van der Waals surface area contributed by atoms with E-state index in [-0.39, 0.29) is 5.91 Å². The fourth-order valence-corrected chi connectivity index (χ4v) is 3.48. The van der Waals surface area contributed by atoms with Crippen LogP contribution in [0.1, 0.15) is 21.5 Å². The second-order valence-electron chi connectivity index (χ2n) is 6.88. The van der Waals surface area contributed by atoms with Crippen LogP contribution < -0.4 is 11.1 Å². The van der Waals surface area contributed by atoms with Crippen LogP contribution in [0.4, 0.5) is 5.69 Å². The van der Waals surface area contributed by atoms with Gasteiger partial charge in [0, 0.05) is 35.7 Å². The van der Waals surface area contributed by atoms with Crippen LogP contribution in [0.2, 0.25) is 0 Å². The standard InChI is InChI=1S/C24H20N4O2/c1-15-17(18-8-9-20(24(25)30)23-19(18)11-13-27-23)5-2-6-21(15)28-22(29)10-7-16-4-3-12-26-14-16/h2-14,27H,1H3,(H2,25,30)(H,28,29)/b10-7+. The Labute approximate surface area is 173 Å². The summed E-state index contributed by atoms with van der Waals surface area (Å²) in [4.78, 5) is 31.2. The first-order valence-electron chi connectivity index (χ1n) is 9.43. The van der Waals surface area contributed by atoms with Gasteiger partial charge in [-0.05, 0) is 59.5 Å². The number of carbonyl (C=O) groups excluding carboxylic acids is 2. The first kappa shape index (κ1) is 19.1. The molecule has 2 aromatic carbocycles. The number of hydrogen-bond donors (Lipinski definition) is 3. The Kier molecular flexibility index (Phi) is 5.13. The van der Waals surface area contributed by atoms with Gasteiger partial charge in [-0.3, -0.25) is 14.6 Å². The van der Waals surface area contributed by atoms with Gasteiger partial charge in [-0.1, -0.05) is 24.3 Å². The summed E-state index contributed by atoms with van der Waals surface area (Å²) in [6, 6.07) is 15.0. The molecule has 2 amide bonds. The molecule has 148 valence electrons. The molecule has 6 heteroatoms. The highest BCUT2D eigenvalue weighted by Gasteiger charge is 2.15. The molecule has 4 rings (SSSR count). The number of primary amides is 1. The first-order valence-corrected chi connectivity index (χ1v) is 9.43. The zero-order valence-corrected chi connectivity index (χ0v) is 16.3. The molecule has 2 aromatic heterocycles. The van der Waals surface area contributed by atoms with Gasteiger partial charge in [-0.2, -0.15) is 0 Å². The number of H-pyrrole nitrogens is 1. The Hall–Kier alpha value is -4.19. The molecule has 0 saturated heterocycles. The molecule has 0 aliphatic rings. The minimum absolute atomic E-state index is 0.227. The number of pyridine rings is 1. The molecule has 0 spiro atoms. The summed E-state index contributed by atoms with van der Waals surface area (Å²) in [6.07, 6.45) is 8.35. The van der Waals surface area contributed by atoms with Gasteiger partial charge in [0.25, 0.3) is 5.91 Å². The molecule has 0 aliphatic heterocycles. The van der Waals surface area contributed by atoms with Crippen molar-refractivity contribution in [2.75, 3.05) is 5.32 Å². The van der Waals surface area contributed by atoms with E-state index in [1.54, 1.807) is 30.7 Å². The number of anilines is 1. The van der Waals surface area contributed by atoms with Gasteiger partial charge in [0.05, 0.1) is 11.1 Å². The van der Waals surface area contributed by atoms with Crippen LogP contribution in [0.15, 0.2) is 73.2 Å². The molecule has 0 unspecified atom stereocenters. The quantitative estimate of drug-likeness (QED) is 0.439. The van der Waals surface area contributed by atoms with Crippen molar-refractivity contribution in [3.63, 3.8) is 0 Å². The lowest BCUT2D eigenvalue weighted by atomic mass is 9.94. The molecule has 6 nitrogen and oxygen atoms in total. The predicted molar refractivity (Wildman–Crippen MR) is 119 cm³/mol. The molecule has 4 N–H and O–H groups in total. The predicted octanol–water partition coefficient (Wildman–Crippen LogP) is 4.29. The van der Waals surface area contributed by atoms with Crippen LogP contribution in [0, 0.1) is 6.92 Å². The molecule has 4 aromatic rings. The highest BCUT2D eigenvalue weighted by Crippen LogP contribution is 2.34. The van der Waals surface area contributed by atoms with E-state index in [4.69, 9.17) is 5.73 Å². The first-order chi connectivity index (χ1) is 14.5. The van der Waals surface area contributed by atoms with Crippen LogP contribution in [-0.4, -0.2) is 21.8 Å². The number of amides is 2. The van der Waals surface area contributed by atoms with E-state index < -0.39 is 5.91 Å². The third-order valence-electron chi connectivity index (χ3n) is 4.98.